The van der Waals surface area contributed by atoms with E-state index in [1.165, 1.54) is 27.6 Å². The lowest BCUT2D eigenvalue weighted by Crippen LogP contribution is -2.22. The lowest BCUT2D eigenvalue weighted by Gasteiger charge is -2.23. The maximum Gasteiger partial charge on any atom is 0.188 e. The number of para-hydroxylation sites is 1. The van der Waals surface area contributed by atoms with Gasteiger partial charge in [-0.05, 0) is 48.1 Å². The minimum Gasteiger partial charge on any atom is -0.357 e. The molecule has 0 bridgehead atoms. The molecule has 0 aromatic heterocycles. The fourth-order valence-corrected chi connectivity index (χ4v) is 4.54. The molecule has 2 aliphatic carbocycles. The number of benzene rings is 3. The summed E-state index contributed by atoms with van der Waals surface area (Å²) in [5.74, 6) is 0.328. The summed E-state index contributed by atoms with van der Waals surface area (Å²) in [6.07, 6.45) is 12.0. The molecule has 1 atom stereocenters. The van der Waals surface area contributed by atoms with Crippen LogP contribution in [0.15, 0.2) is 126 Å². The number of anilines is 1. The molecule has 0 amide bonds. The van der Waals surface area contributed by atoms with Gasteiger partial charge in [-0.3, -0.25) is 0 Å². The van der Waals surface area contributed by atoms with Crippen molar-refractivity contribution in [2.24, 2.45) is 0 Å². The summed E-state index contributed by atoms with van der Waals surface area (Å²) in [4.78, 5) is 0. The fraction of sp³-hybridized carbons (Fsp3) is 0.133. The molecule has 33 heavy (non-hydrogen) atoms. The highest BCUT2D eigenvalue weighted by molar-refractivity contribution is 6.63. The van der Waals surface area contributed by atoms with E-state index >= 15 is 0 Å². The van der Waals surface area contributed by atoms with Crippen LogP contribution < -0.4 is 10.8 Å². The number of hydrogen-bond donors (Lipinski definition) is 1. The van der Waals surface area contributed by atoms with Gasteiger partial charge >= 0.3 is 0 Å². The highest BCUT2D eigenvalue weighted by Gasteiger charge is 2.16. The zero-order valence-electron chi connectivity index (χ0n) is 18.7. The van der Waals surface area contributed by atoms with Crippen molar-refractivity contribution in [3.8, 4) is 0 Å². The van der Waals surface area contributed by atoms with Crippen molar-refractivity contribution in [1.82, 2.24) is 0 Å². The molecule has 3 aromatic carbocycles. The predicted molar refractivity (Wildman–Crippen MR) is 143 cm³/mol. The van der Waals surface area contributed by atoms with Crippen LogP contribution in [-0.2, 0) is 0 Å². The van der Waals surface area contributed by atoms with Gasteiger partial charge in [-0.25, -0.2) is 0 Å². The molecule has 3 aromatic rings. The second kappa shape index (κ2) is 10.0. The van der Waals surface area contributed by atoms with Gasteiger partial charge in [0.25, 0.3) is 0 Å². The quantitative estimate of drug-likeness (QED) is 0.459. The van der Waals surface area contributed by atoms with Gasteiger partial charge in [-0.2, -0.15) is 0 Å². The first-order valence-corrected chi connectivity index (χ1v) is 11.6. The van der Waals surface area contributed by atoms with E-state index in [9.17, 15) is 0 Å². The van der Waals surface area contributed by atoms with Gasteiger partial charge in [0.05, 0.1) is 0 Å². The maximum absolute atomic E-state index is 6.51. The van der Waals surface area contributed by atoms with Crippen molar-refractivity contribution >= 4 is 31.8 Å². The molecule has 0 fully saturated rings. The summed E-state index contributed by atoms with van der Waals surface area (Å²) in [5, 5.41) is 3.60. The largest absolute Gasteiger partial charge is 0.357 e. The lowest BCUT2D eigenvalue weighted by atomic mass is 9.60. The van der Waals surface area contributed by atoms with Crippen LogP contribution in [0.2, 0.25) is 0 Å². The summed E-state index contributed by atoms with van der Waals surface area (Å²) in [5.41, 5.74) is 9.36. The maximum atomic E-state index is 6.51. The number of hydrogen-bond acceptors (Lipinski definition) is 1. The summed E-state index contributed by atoms with van der Waals surface area (Å²) in [6.45, 7) is 0. The molecule has 157 valence electrons. The average molecular weight is 422 g/mol. The van der Waals surface area contributed by atoms with E-state index in [-0.39, 0.29) is 0 Å². The van der Waals surface area contributed by atoms with E-state index in [4.69, 9.17) is 7.85 Å². The lowest BCUT2D eigenvalue weighted by molar-refractivity contribution is 0.833. The predicted octanol–water partition coefficient (Wildman–Crippen LogP) is 6.31. The Hall–Kier alpha value is -3.45. The molecule has 3 radical (unpaired) electrons. The van der Waals surface area contributed by atoms with Gasteiger partial charge in [0.1, 0.15) is 7.85 Å². The zero-order valence-corrected chi connectivity index (χ0v) is 18.7. The minimum absolute atomic E-state index is 0.328. The topological polar surface area (TPSA) is 12.0 Å². The Kier molecular flexibility index (Phi) is 6.48. The van der Waals surface area contributed by atoms with Crippen molar-refractivity contribution in [2.75, 3.05) is 5.32 Å². The zero-order chi connectivity index (χ0) is 22.5. The molecular formula is C30H26B2N. The van der Waals surface area contributed by atoms with Crippen LogP contribution in [0.4, 0.5) is 5.69 Å². The van der Waals surface area contributed by atoms with Crippen LogP contribution in [0.3, 0.4) is 0 Å². The number of nitrogens with one attached hydrogen (secondary N) is 1. The van der Waals surface area contributed by atoms with Gasteiger partial charge in [-0.15, -0.1) is 5.47 Å². The Morgan fingerprint density at radius 1 is 0.848 bits per heavy atom. The van der Waals surface area contributed by atoms with E-state index in [1.54, 1.807) is 0 Å². The van der Waals surface area contributed by atoms with Crippen LogP contribution in [-0.4, -0.2) is 15.1 Å². The standard InChI is InChI=1S/C30H26B2N/c31-27-21-25(23-12-5-2-6-13-23)18-19-29(27)33-30-17-8-7-16-28(30)32-26-15-9-14-24(20-26)22-10-3-1-4-11-22/h1-8,10-14,16-20,25,33H,9,15,21H2. The third-order valence-electron chi connectivity index (χ3n) is 6.33. The molecule has 0 aliphatic heterocycles. The first kappa shape index (κ1) is 21.4. The van der Waals surface area contributed by atoms with Gasteiger partial charge in [0.15, 0.2) is 7.28 Å². The summed E-state index contributed by atoms with van der Waals surface area (Å²) >= 11 is 0. The molecule has 2 aliphatic rings. The first-order chi connectivity index (χ1) is 16.3. The summed E-state index contributed by atoms with van der Waals surface area (Å²) < 4.78 is 0. The Morgan fingerprint density at radius 2 is 1.58 bits per heavy atom. The third-order valence-corrected chi connectivity index (χ3v) is 6.33. The molecule has 5 rings (SSSR count). The van der Waals surface area contributed by atoms with Gasteiger partial charge in [-0.1, -0.05) is 108 Å². The Bertz CT molecular complexity index is 1240. The van der Waals surface area contributed by atoms with Crippen molar-refractivity contribution in [3.05, 3.63) is 137 Å². The third kappa shape index (κ3) is 5.14. The van der Waals surface area contributed by atoms with Gasteiger partial charge in [0.2, 0.25) is 0 Å². The highest BCUT2D eigenvalue weighted by atomic mass is 14.9. The molecule has 1 nitrogen and oxygen atoms in total. The average Bonchev–Trinajstić information content (AvgIpc) is 2.87. The van der Waals surface area contributed by atoms with E-state index in [2.05, 4.69) is 122 Å². The summed E-state index contributed by atoms with van der Waals surface area (Å²) in [7, 11) is 8.81. The van der Waals surface area contributed by atoms with Crippen LogP contribution in [0.5, 0.6) is 0 Å². The fourth-order valence-electron chi connectivity index (χ4n) is 4.54. The second-order valence-electron chi connectivity index (χ2n) is 8.66. The molecule has 0 saturated carbocycles. The van der Waals surface area contributed by atoms with E-state index in [1.807, 2.05) is 0 Å². The van der Waals surface area contributed by atoms with E-state index in [0.29, 0.717) is 5.92 Å². The Balaban J connectivity index is 1.32. The summed E-state index contributed by atoms with van der Waals surface area (Å²) in [6, 6.07) is 29.6. The molecule has 0 spiro atoms. The van der Waals surface area contributed by atoms with Crippen molar-refractivity contribution in [2.45, 2.75) is 25.2 Å². The van der Waals surface area contributed by atoms with Crippen LogP contribution in [0.1, 0.15) is 36.3 Å². The van der Waals surface area contributed by atoms with Gasteiger partial charge in [0, 0.05) is 17.3 Å². The van der Waals surface area contributed by atoms with Crippen molar-refractivity contribution in [3.63, 3.8) is 0 Å². The van der Waals surface area contributed by atoms with Crippen LogP contribution in [0, 0.1) is 0 Å². The van der Waals surface area contributed by atoms with Crippen LogP contribution >= 0.6 is 0 Å². The molecule has 0 heterocycles. The smallest absolute Gasteiger partial charge is 0.188 e. The van der Waals surface area contributed by atoms with Crippen LogP contribution in [0.25, 0.3) is 5.57 Å². The minimum atomic E-state index is 0.328. The number of allylic oxidation sites excluding steroid dienone is 7. The molecule has 1 unspecified atom stereocenters. The van der Waals surface area contributed by atoms with Crippen molar-refractivity contribution < 1.29 is 0 Å². The molecule has 3 heteroatoms. The van der Waals surface area contributed by atoms with Crippen molar-refractivity contribution in [1.29, 1.82) is 0 Å². The highest BCUT2D eigenvalue weighted by Crippen LogP contribution is 2.30. The molecule has 1 N–H and O–H groups in total. The second-order valence-corrected chi connectivity index (χ2v) is 8.66. The van der Waals surface area contributed by atoms with E-state index < -0.39 is 0 Å². The monoisotopic (exact) mass is 422 g/mol. The molecule has 0 saturated heterocycles. The number of rotatable bonds is 6. The van der Waals surface area contributed by atoms with E-state index in [0.717, 1.165) is 36.1 Å². The Morgan fingerprint density at radius 3 is 2.36 bits per heavy atom. The Labute approximate surface area is 199 Å². The first-order valence-electron chi connectivity index (χ1n) is 11.6. The molecular weight excluding hydrogens is 396 g/mol. The SMILES string of the molecule is [B]C1=C(Nc2ccccc2[B]C2=CC(c3ccccc3)=CCC2)C=CC(c2ccccc2)C1. The van der Waals surface area contributed by atoms with Gasteiger partial charge < -0.3 is 5.32 Å². The normalized spacial score (nSPS) is 17.9.